The highest BCUT2D eigenvalue weighted by atomic mass is 16.4. The highest BCUT2D eigenvalue weighted by Gasteiger charge is 2.23. The monoisotopic (exact) mass is 331 g/mol. The Hall–Kier alpha value is -1.84. The summed E-state index contributed by atoms with van der Waals surface area (Å²) in [4.78, 5) is 25.0. The van der Waals surface area contributed by atoms with Gasteiger partial charge in [-0.25, -0.2) is 0 Å². The highest BCUT2D eigenvalue weighted by Crippen LogP contribution is 2.22. The van der Waals surface area contributed by atoms with E-state index in [9.17, 15) is 9.59 Å². The molecule has 1 aliphatic heterocycles. The normalized spacial score (nSPS) is 17.7. The minimum Gasteiger partial charge on any atom is -0.481 e. The van der Waals surface area contributed by atoms with Crippen LogP contribution in [0.25, 0.3) is 0 Å². The molecule has 0 aromatic heterocycles. The predicted octanol–water partition coefficient (Wildman–Crippen LogP) is 3.81. The third-order valence-electron chi connectivity index (χ3n) is 4.86. The van der Waals surface area contributed by atoms with Crippen LogP contribution in [-0.2, 0) is 16.0 Å². The standard InChI is InChI=1S/C20H29NO3/c1-16-8-10-17(11-9-16)5-2-3-7-19(22)21-14-4-6-18(15-21)12-13-20(23)24/h8-11,18H,2-7,12-15H2,1H3,(H,23,24). The molecule has 1 saturated heterocycles. The quantitative estimate of drug-likeness (QED) is 0.737. The van der Waals surface area contributed by atoms with Crippen LogP contribution in [0, 0.1) is 12.8 Å². The van der Waals surface area contributed by atoms with Crippen molar-refractivity contribution in [2.24, 2.45) is 5.92 Å². The van der Waals surface area contributed by atoms with E-state index in [1.54, 1.807) is 0 Å². The highest BCUT2D eigenvalue weighted by molar-refractivity contribution is 5.76. The summed E-state index contributed by atoms with van der Waals surface area (Å²) in [6.45, 7) is 3.66. The number of carboxylic acids is 1. The van der Waals surface area contributed by atoms with Crippen molar-refractivity contribution < 1.29 is 14.7 Å². The maximum Gasteiger partial charge on any atom is 0.303 e. The molecule has 0 spiro atoms. The number of unbranched alkanes of at least 4 members (excludes halogenated alkanes) is 1. The number of amides is 1. The topological polar surface area (TPSA) is 57.6 Å². The van der Waals surface area contributed by atoms with Crippen molar-refractivity contribution in [3.8, 4) is 0 Å². The van der Waals surface area contributed by atoms with Crippen LogP contribution in [0.3, 0.4) is 0 Å². The van der Waals surface area contributed by atoms with Crippen molar-refractivity contribution in [3.63, 3.8) is 0 Å². The van der Waals surface area contributed by atoms with Gasteiger partial charge in [-0.2, -0.15) is 0 Å². The lowest BCUT2D eigenvalue weighted by atomic mass is 9.93. The fourth-order valence-electron chi connectivity index (χ4n) is 3.37. The van der Waals surface area contributed by atoms with E-state index >= 15 is 0 Å². The van der Waals surface area contributed by atoms with Crippen LogP contribution in [0.15, 0.2) is 24.3 Å². The van der Waals surface area contributed by atoms with Crippen LogP contribution < -0.4 is 0 Å². The molecule has 1 aromatic rings. The molecule has 1 aliphatic rings. The molecule has 2 rings (SSSR count). The first kappa shape index (κ1) is 18.5. The average Bonchev–Trinajstić information content (AvgIpc) is 2.58. The second-order valence-electron chi connectivity index (χ2n) is 6.97. The van der Waals surface area contributed by atoms with E-state index in [-0.39, 0.29) is 12.3 Å². The molecule has 1 N–H and O–H groups in total. The molecular weight excluding hydrogens is 302 g/mol. The van der Waals surface area contributed by atoms with Crippen molar-refractivity contribution in [2.45, 2.75) is 58.3 Å². The molecule has 4 heteroatoms. The number of aryl methyl sites for hydroxylation is 2. The van der Waals surface area contributed by atoms with Crippen molar-refractivity contribution in [1.82, 2.24) is 4.90 Å². The van der Waals surface area contributed by atoms with Gasteiger partial charge in [0.25, 0.3) is 0 Å². The average molecular weight is 331 g/mol. The van der Waals surface area contributed by atoms with Crippen LogP contribution in [0.5, 0.6) is 0 Å². The van der Waals surface area contributed by atoms with Crippen molar-refractivity contribution >= 4 is 11.9 Å². The van der Waals surface area contributed by atoms with E-state index in [4.69, 9.17) is 5.11 Å². The first-order chi connectivity index (χ1) is 11.5. The zero-order valence-electron chi connectivity index (χ0n) is 14.7. The molecule has 1 atom stereocenters. The Kier molecular flexibility index (Phi) is 7.29. The first-order valence-corrected chi connectivity index (χ1v) is 9.09. The molecule has 0 radical (unpaired) electrons. The fraction of sp³-hybridized carbons (Fsp3) is 0.600. The van der Waals surface area contributed by atoms with E-state index in [0.29, 0.717) is 18.8 Å². The van der Waals surface area contributed by atoms with Crippen LogP contribution in [-0.4, -0.2) is 35.0 Å². The van der Waals surface area contributed by atoms with Gasteiger partial charge in [0.15, 0.2) is 0 Å². The lowest BCUT2D eigenvalue weighted by Gasteiger charge is -2.32. The Morgan fingerprint density at radius 1 is 1.17 bits per heavy atom. The third kappa shape index (κ3) is 6.34. The Bertz CT molecular complexity index is 538. The largest absolute Gasteiger partial charge is 0.481 e. The number of carboxylic acid groups (broad SMARTS) is 1. The number of nitrogens with zero attached hydrogens (tertiary/aromatic N) is 1. The molecule has 0 saturated carbocycles. The van der Waals surface area contributed by atoms with E-state index in [1.807, 2.05) is 4.90 Å². The Balaban J connectivity index is 1.66. The molecule has 1 aromatic carbocycles. The molecule has 1 fully saturated rings. The van der Waals surface area contributed by atoms with Crippen molar-refractivity contribution in [1.29, 1.82) is 0 Å². The van der Waals surface area contributed by atoms with Gasteiger partial charge in [-0.15, -0.1) is 0 Å². The van der Waals surface area contributed by atoms with Gasteiger partial charge < -0.3 is 10.0 Å². The van der Waals surface area contributed by atoms with Crippen LogP contribution in [0.4, 0.5) is 0 Å². The van der Waals surface area contributed by atoms with E-state index in [0.717, 1.165) is 45.2 Å². The van der Waals surface area contributed by atoms with Crippen LogP contribution >= 0.6 is 0 Å². The van der Waals surface area contributed by atoms with Gasteiger partial charge in [-0.1, -0.05) is 29.8 Å². The molecule has 132 valence electrons. The number of rotatable bonds is 8. The van der Waals surface area contributed by atoms with Gasteiger partial charge in [-0.3, -0.25) is 9.59 Å². The van der Waals surface area contributed by atoms with Gasteiger partial charge >= 0.3 is 5.97 Å². The third-order valence-corrected chi connectivity index (χ3v) is 4.86. The Morgan fingerprint density at radius 2 is 1.92 bits per heavy atom. The lowest BCUT2D eigenvalue weighted by molar-refractivity contribution is -0.137. The number of carbonyl (C=O) groups excluding carboxylic acids is 1. The van der Waals surface area contributed by atoms with Crippen molar-refractivity contribution in [2.75, 3.05) is 13.1 Å². The summed E-state index contributed by atoms with van der Waals surface area (Å²) in [5, 5.41) is 8.79. The molecule has 24 heavy (non-hydrogen) atoms. The number of likely N-dealkylation sites (tertiary alicyclic amines) is 1. The Labute approximate surface area is 144 Å². The maximum atomic E-state index is 12.3. The smallest absolute Gasteiger partial charge is 0.303 e. The maximum absolute atomic E-state index is 12.3. The van der Waals surface area contributed by atoms with E-state index in [1.165, 1.54) is 11.1 Å². The zero-order chi connectivity index (χ0) is 17.4. The molecule has 1 amide bonds. The van der Waals surface area contributed by atoms with Crippen molar-refractivity contribution in [3.05, 3.63) is 35.4 Å². The van der Waals surface area contributed by atoms with Gasteiger partial charge in [-0.05, 0) is 56.9 Å². The summed E-state index contributed by atoms with van der Waals surface area (Å²) < 4.78 is 0. The molecule has 1 unspecified atom stereocenters. The fourth-order valence-corrected chi connectivity index (χ4v) is 3.37. The summed E-state index contributed by atoms with van der Waals surface area (Å²) in [7, 11) is 0. The number of hydrogen-bond donors (Lipinski definition) is 1. The second-order valence-corrected chi connectivity index (χ2v) is 6.97. The number of piperidine rings is 1. The van der Waals surface area contributed by atoms with E-state index < -0.39 is 5.97 Å². The predicted molar refractivity (Wildman–Crippen MR) is 94.9 cm³/mol. The first-order valence-electron chi connectivity index (χ1n) is 9.09. The summed E-state index contributed by atoms with van der Waals surface area (Å²) in [5.41, 5.74) is 2.61. The minimum absolute atomic E-state index is 0.212. The summed E-state index contributed by atoms with van der Waals surface area (Å²) in [6.07, 6.45) is 6.53. The van der Waals surface area contributed by atoms with Gasteiger partial charge in [0.1, 0.15) is 0 Å². The van der Waals surface area contributed by atoms with Gasteiger partial charge in [0, 0.05) is 25.9 Å². The summed E-state index contributed by atoms with van der Waals surface area (Å²) in [6, 6.07) is 8.58. The Morgan fingerprint density at radius 3 is 2.62 bits per heavy atom. The number of benzene rings is 1. The zero-order valence-corrected chi connectivity index (χ0v) is 14.7. The summed E-state index contributed by atoms with van der Waals surface area (Å²) >= 11 is 0. The van der Waals surface area contributed by atoms with Gasteiger partial charge in [0.2, 0.25) is 5.91 Å². The van der Waals surface area contributed by atoms with E-state index in [2.05, 4.69) is 31.2 Å². The molecule has 0 bridgehead atoms. The number of carbonyl (C=O) groups is 2. The van der Waals surface area contributed by atoms with Crippen LogP contribution in [0.1, 0.15) is 56.1 Å². The van der Waals surface area contributed by atoms with Crippen LogP contribution in [0.2, 0.25) is 0 Å². The van der Waals surface area contributed by atoms with Gasteiger partial charge in [0.05, 0.1) is 0 Å². The molecule has 4 nitrogen and oxygen atoms in total. The molecule has 0 aliphatic carbocycles. The minimum atomic E-state index is -0.741. The lowest BCUT2D eigenvalue weighted by Crippen LogP contribution is -2.39. The number of aliphatic carboxylic acids is 1. The second kappa shape index (κ2) is 9.45. The number of hydrogen-bond acceptors (Lipinski definition) is 2. The molecular formula is C20H29NO3. The SMILES string of the molecule is Cc1ccc(CCCCC(=O)N2CCCC(CCC(=O)O)C2)cc1. The molecule has 1 heterocycles. The summed E-state index contributed by atoms with van der Waals surface area (Å²) in [5.74, 6) is -0.153.